The van der Waals surface area contributed by atoms with Crippen LogP contribution in [0.15, 0.2) is 4.47 Å². The number of carboxylic acid groups (broad SMARTS) is 1. The van der Waals surface area contributed by atoms with Crippen molar-refractivity contribution in [3.05, 3.63) is 15.9 Å². The maximum Gasteiger partial charge on any atom is 0.321 e. The van der Waals surface area contributed by atoms with E-state index in [1.165, 1.54) is 11.8 Å². The van der Waals surface area contributed by atoms with Crippen LogP contribution in [-0.4, -0.2) is 32.7 Å². The van der Waals surface area contributed by atoms with Crippen LogP contribution >= 0.6 is 27.7 Å². The fourth-order valence-corrected chi connectivity index (χ4v) is 3.40. The number of carboxylic acids is 1. The fourth-order valence-electron chi connectivity index (χ4n) is 1.51. The van der Waals surface area contributed by atoms with Crippen LogP contribution in [0.25, 0.3) is 0 Å². The molecule has 5 nitrogen and oxygen atoms in total. The third-order valence-electron chi connectivity index (χ3n) is 2.55. The van der Waals surface area contributed by atoms with Gasteiger partial charge in [-0.15, -0.1) is 0 Å². The van der Waals surface area contributed by atoms with Gasteiger partial charge in [0.05, 0.1) is 15.9 Å². The minimum atomic E-state index is -0.959. The van der Waals surface area contributed by atoms with Gasteiger partial charge in [0, 0.05) is 18.1 Å². The number of aryl methyl sites for hydroxylation is 2. The molecule has 1 atom stereocenters. The van der Waals surface area contributed by atoms with Gasteiger partial charge in [-0.2, -0.15) is 16.9 Å². The van der Waals surface area contributed by atoms with E-state index in [0.717, 1.165) is 28.8 Å². The molecule has 3 N–H and O–H groups in total. The summed E-state index contributed by atoms with van der Waals surface area (Å²) in [6, 6.07) is -0.808. The van der Waals surface area contributed by atoms with Crippen molar-refractivity contribution in [1.82, 2.24) is 9.78 Å². The standard InChI is InChI=1S/C11H18BrN3O2S/c1-3-8-10(12)9(15(4-2)14-8)6-18-5-7(13)11(16)17/h7H,3-6,13H2,1-2H3,(H,16,17)/t7-/m1/s1. The third kappa shape index (κ3) is 3.73. The molecule has 1 aromatic heterocycles. The van der Waals surface area contributed by atoms with Crippen molar-refractivity contribution in [2.45, 2.75) is 38.6 Å². The van der Waals surface area contributed by atoms with E-state index in [4.69, 9.17) is 10.8 Å². The number of aliphatic carboxylic acids is 1. The Bertz CT molecular complexity index is 423. The summed E-state index contributed by atoms with van der Waals surface area (Å²) in [6.45, 7) is 4.90. The molecular formula is C11H18BrN3O2S. The van der Waals surface area contributed by atoms with Gasteiger partial charge < -0.3 is 10.8 Å². The summed E-state index contributed by atoms with van der Waals surface area (Å²) in [6.07, 6.45) is 0.875. The van der Waals surface area contributed by atoms with Crippen LogP contribution in [0.1, 0.15) is 25.2 Å². The average molecular weight is 336 g/mol. The Hall–Kier alpha value is -0.530. The summed E-state index contributed by atoms with van der Waals surface area (Å²) in [5.41, 5.74) is 7.60. The molecule has 0 bridgehead atoms. The zero-order valence-corrected chi connectivity index (χ0v) is 12.9. The zero-order chi connectivity index (χ0) is 13.7. The largest absolute Gasteiger partial charge is 0.480 e. The monoisotopic (exact) mass is 335 g/mol. The molecule has 0 saturated heterocycles. The minimum Gasteiger partial charge on any atom is -0.480 e. The molecule has 0 aliphatic carbocycles. The first-order chi connectivity index (χ1) is 8.51. The molecule has 1 heterocycles. The number of aromatic nitrogens is 2. The molecule has 7 heteroatoms. The predicted octanol–water partition coefficient (Wildman–Crippen LogP) is 1.87. The Labute approximate surface area is 119 Å². The molecule has 0 fully saturated rings. The SMILES string of the molecule is CCc1nn(CC)c(CSC[C@@H](N)C(=O)O)c1Br. The first-order valence-electron chi connectivity index (χ1n) is 5.81. The lowest BCUT2D eigenvalue weighted by molar-refractivity contribution is -0.137. The number of thioether (sulfide) groups is 1. The van der Waals surface area contributed by atoms with Crippen molar-refractivity contribution >= 4 is 33.7 Å². The van der Waals surface area contributed by atoms with Gasteiger partial charge in [-0.05, 0) is 29.3 Å². The predicted molar refractivity (Wildman–Crippen MR) is 76.8 cm³/mol. The minimum absolute atomic E-state index is 0.401. The first-order valence-corrected chi connectivity index (χ1v) is 7.76. The number of nitrogens with zero attached hydrogens (tertiary/aromatic N) is 2. The van der Waals surface area contributed by atoms with Crippen molar-refractivity contribution in [2.75, 3.05) is 5.75 Å². The van der Waals surface area contributed by atoms with Crippen molar-refractivity contribution < 1.29 is 9.90 Å². The molecule has 1 aromatic rings. The van der Waals surface area contributed by atoms with E-state index in [9.17, 15) is 4.79 Å². The van der Waals surface area contributed by atoms with E-state index in [1.807, 2.05) is 11.6 Å². The highest BCUT2D eigenvalue weighted by molar-refractivity contribution is 9.10. The molecule has 0 aromatic carbocycles. The van der Waals surface area contributed by atoms with E-state index >= 15 is 0 Å². The Morgan fingerprint density at radius 2 is 2.28 bits per heavy atom. The lowest BCUT2D eigenvalue weighted by Gasteiger charge is -2.07. The quantitative estimate of drug-likeness (QED) is 0.794. The lowest BCUT2D eigenvalue weighted by Crippen LogP contribution is -2.32. The molecule has 18 heavy (non-hydrogen) atoms. The van der Waals surface area contributed by atoms with Crippen molar-refractivity contribution in [1.29, 1.82) is 0 Å². The second-order valence-corrected chi connectivity index (χ2v) is 5.66. The van der Waals surface area contributed by atoms with Crippen LogP contribution < -0.4 is 5.73 Å². The van der Waals surface area contributed by atoms with Gasteiger partial charge in [-0.3, -0.25) is 9.48 Å². The Kier molecular flexibility index (Phi) is 6.17. The van der Waals surface area contributed by atoms with Crippen LogP contribution in [0.3, 0.4) is 0 Å². The molecule has 0 aliphatic heterocycles. The summed E-state index contributed by atoms with van der Waals surface area (Å²) in [4.78, 5) is 10.6. The van der Waals surface area contributed by atoms with Gasteiger partial charge >= 0.3 is 5.97 Å². The molecule has 0 radical (unpaired) electrons. The smallest absolute Gasteiger partial charge is 0.321 e. The second-order valence-electron chi connectivity index (χ2n) is 3.84. The Balaban J connectivity index is 2.66. The normalized spacial score (nSPS) is 12.7. The fraction of sp³-hybridized carbons (Fsp3) is 0.636. The number of rotatable bonds is 7. The number of nitrogens with two attached hydrogens (primary N) is 1. The van der Waals surface area contributed by atoms with Crippen molar-refractivity contribution in [3.8, 4) is 0 Å². The lowest BCUT2D eigenvalue weighted by atomic mass is 10.3. The van der Waals surface area contributed by atoms with Gasteiger partial charge in [-0.25, -0.2) is 0 Å². The summed E-state index contributed by atoms with van der Waals surface area (Å²) in [5.74, 6) is 0.153. The Morgan fingerprint density at radius 3 is 2.78 bits per heavy atom. The Morgan fingerprint density at radius 1 is 1.61 bits per heavy atom. The van der Waals surface area contributed by atoms with Crippen LogP contribution in [0, 0.1) is 0 Å². The highest BCUT2D eigenvalue weighted by Crippen LogP contribution is 2.26. The summed E-state index contributed by atoms with van der Waals surface area (Å²) >= 11 is 5.07. The van der Waals surface area contributed by atoms with Crippen LogP contribution in [-0.2, 0) is 23.5 Å². The van der Waals surface area contributed by atoms with Gasteiger partial charge in [0.1, 0.15) is 6.04 Å². The van der Waals surface area contributed by atoms with E-state index in [-0.39, 0.29) is 0 Å². The average Bonchev–Trinajstić information content (AvgIpc) is 2.65. The number of carbonyl (C=O) groups is 1. The number of hydrogen-bond donors (Lipinski definition) is 2. The maximum absolute atomic E-state index is 10.6. The maximum atomic E-state index is 10.6. The zero-order valence-electron chi connectivity index (χ0n) is 10.5. The van der Waals surface area contributed by atoms with Gasteiger partial charge in [0.2, 0.25) is 0 Å². The molecule has 0 unspecified atom stereocenters. The highest BCUT2D eigenvalue weighted by atomic mass is 79.9. The van der Waals surface area contributed by atoms with E-state index in [1.54, 1.807) is 0 Å². The number of hydrogen-bond acceptors (Lipinski definition) is 4. The molecule has 0 spiro atoms. The molecule has 0 amide bonds. The van der Waals surface area contributed by atoms with Crippen LogP contribution in [0.5, 0.6) is 0 Å². The molecule has 0 saturated carbocycles. The molecule has 0 aliphatic rings. The molecular weight excluding hydrogens is 318 g/mol. The molecule has 1 rings (SSSR count). The van der Waals surface area contributed by atoms with Crippen LogP contribution in [0.2, 0.25) is 0 Å². The molecule has 102 valence electrons. The summed E-state index contributed by atoms with van der Waals surface area (Å²) in [5, 5.41) is 13.2. The number of halogens is 1. The van der Waals surface area contributed by atoms with Crippen molar-refractivity contribution in [3.63, 3.8) is 0 Å². The van der Waals surface area contributed by atoms with Gasteiger partial charge in [-0.1, -0.05) is 6.92 Å². The second kappa shape index (κ2) is 7.16. The van der Waals surface area contributed by atoms with E-state index in [2.05, 4.69) is 28.0 Å². The van der Waals surface area contributed by atoms with Crippen LogP contribution in [0.4, 0.5) is 0 Å². The topological polar surface area (TPSA) is 81.1 Å². The van der Waals surface area contributed by atoms with E-state index < -0.39 is 12.0 Å². The third-order valence-corrected chi connectivity index (χ3v) is 4.54. The summed E-state index contributed by atoms with van der Waals surface area (Å²) < 4.78 is 2.98. The van der Waals surface area contributed by atoms with Gasteiger partial charge in [0.25, 0.3) is 0 Å². The van der Waals surface area contributed by atoms with Gasteiger partial charge in [0.15, 0.2) is 0 Å². The van der Waals surface area contributed by atoms with Crippen molar-refractivity contribution in [2.24, 2.45) is 5.73 Å². The van der Waals surface area contributed by atoms with E-state index in [0.29, 0.717) is 11.5 Å². The summed E-state index contributed by atoms with van der Waals surface area (Å²) in [7, 11) is 0. The highest BCUT2D eigenvalue weighted by Gasteiger charge is 2.16. The first kappa shape index (κ1) is 15.5.